The van der Waals surface area contributed by atoms with Crippen LogP contribution in [0.2, 0.25) is 0 Å². The van der Waals surface area contributed by atoms with Gasteiger partial charge >= 0.3 is 0 Å². The van der Waals surface area contributed by atoms with Crippen LogP contribution in [-0.4, -0.2) is 36.5 Å². The van der Waals surface area contributed by atoms with E-state index in [4.69, 9.17) is 5.11 Å². The first-order valence-electron chi connectivity index (χ1n) is 6.40. The van der Waals surface area contributed by atoms with Crippen LogP contribution in [0.5, 0.6) is 0 Å². The van der Waals surface area contributed by atoms with Crippen molar-refractivity contribution in [3.63, 3.8) is 0 Å². The number of aryl methyl sites for hydroxylation is 1. The van der Waals surface area contributed by atoms with Gasteiger partial charge in [0.25, 0.3) is 10.0 Å². The van der Waals surface area contributed by atoms with Gasteiger partial charge in [0, 0.05) is 6.61 Å². The molecule has 1 aliphatic rings. The fourth-order valence-electron chi connectivity index (χ4n) is 2.29. The van der Waals surface area contributed by atoms with Crippen molar-refractivity contribution in [1.82, 2.24) is 9.84 Å². The first-order valence-corrected chi connectivity index (χ1v) is 7.84. The number of aliphatic hydroxyl groups excluding tert-OH is 1. The molecule has 0 aromatic heterocycles. The molecule has 2 unspecified atom stereocenters. The van der Waals surface area contributed by atoms with Gasteiger partial charge < -0.3 is 5.11 Å². The van der Waals surface area contributed by atoms with E-state index in [1.807, 2.05) is 6.92 Å². The van der Waals surface area contributed by atoms with Crippen molar-refractivity contribution < 1.29 is 18.3 Å². The van der Waals surface area contributed by atoms with Crippen molar-refractivity contribution >= 4 is 15.9 Å². The molecule has 1 aromatic rings. The number of carbonyl (C=O) groups is 1. The lowest BCUT2D eigenvalue weighted by Gasteiger charge is -2.21. The number of hydrazine groups is 1. The van der Waals surface area contributed by atoms with E-state index in [0.717, 1.165) is 9.98 Å². The third-order valence-electron chi connectivity index (χ3n) is 3.53. The van der Waals surface area contributed by atoms with Crippen LogP contribution in [0.1, 0.15) is 18.9 Å². The van der Waals surface area contributed by atoms with Gasteiger partial charge in [0.1, 0.15) is 0 Å². The van der Waals surface area contributed by atoms with Crippen LogP contribution in [0.4, 0.5) is 0 Å². The summed E-state index contributed by atoms with van der Waals surface area (Å²) >= 11 is 0. The van der Waals surface area contributed by atoms with E-state index in [-0.39, 0.29) is 23.8 Å². The van der Waals surface area contributed by atoms with Gasteiger partial charge in [-0.2, -0.15) is 0 Å². The van der Waals surface area contributed by atoms with Crippen molar-refractivity contribution in [2.24, 2.45) is 5.92 Å². The molecule has 6 nitrogen and oxygen atoms in total. The van der Waals surface area contributed by atoms with Crippen LogP contribution in [0, 0.1) is 12.8 Å². The van der Waals surface area contributed by atoms with E-state index in [9.17, 15) is 13.2 Å². The van der Waals surface area contributed by atoms with E-state index in [0.29, 0.717) is 0 Å². The van der Waals surface area contributed by atoms with E-state index in [2.05, 4.69) is 5.43 Å². The van der Waals surface area contributed by atoms with Crippen LogP contribution >= 0.6 is 0 Å². The number of amides is 1. The Labute approximate surface area is 118 Å². The summed E-state index contributed by atoms with van der Waals surface area (Å²) in [6, 6.07) is 5.92. The Morgan fingerprint density at radius 1 is 1.30 bits per heavy atom. The highest BCUT2D eigenvalue weighted by Crippen LogP contribution is 2.26. The predicted octanol–water partition coefficient (Wildman–Crippen LogP) is 0.418. The molecule has 1 aromatic carbocycles. The number of nitrogens with zero attached hydrogens (tertiary/aromatic N) is 1. The van der Waals surface area contributed by atoms with Crippen LogP contribution in [0.15, 0.2) is 29.2 Å². The Bertz CT molecular complexity index is 597. The maximum Gasteiger partial charge on any atom is 0.260 e. The third-order valence-corrected chi connectivity index (χ3v) is 5.34. The summed E-state index contributed by atoms with van der Waals surface area (Å²) in [5.41, 5.74) is 3.35. The molecule has 1 heterocycles. The summed E-state index contributed by atoms with van der Waals surface area (Å²) in [6.07, 6.45) is 0.243. The summed E-state index contributed by atoms with van der Waals surface area (Å²) in [6.45, 7) is 3.37. The first kappa shape index (κ1) is 15.0. The maximum atomic E-state index is 12.5. The number of rotatable bonds is 4. The zero-order valence-corrected chi connectivity index (χ0v) is 12.2. The Kier molecular flexibility index (Phi) is 4.12. The standard InChI is InChI=1S/C13H18N2O4S/c1-9-3-5-11(6-4-9)20(18,19)15-10(2)12(7-8-16)13(17)14-15/h3-6,10,12,16H,7-8H2,1-2H3,(H,14,17). The van der Waals surface area contributed by atoms with Crippen LogP contribution in [0.3, 0.4) is 0 Å². The third kappa shape index (κ3) is 2.56. The van der Waals surface area contributed by atoms with Gasteiger partial charge in [0.2, 0.25) is 5.91 Å². The molecule has 0 aliphatic carbocycles. The second-order valence-electron chi connectivity index (χ2n) is 4.95. The lowest BCUT2D eigenvalue weighted by Crippen LogP contribution is -2.42. The lowest BCUT2D eigenvalue weighted by atomic mass is 10.00. The minimum absolute atomic E-state index is 0.139. The fourth-order valence-corrected chi connectivity index (χ4v) is 3.79. The Morgan fingerprint density at radius 3 is 2.45 bits per heavy atom. The molecule has 2 atom stereocenters. The van der Waals surface area contributed by atoms with Gasteiger partial charge in [0.05, 0.1) is 16.9 Å². The number of hydrogen-bond acceptors (Lipinski definition) is 4. The molecule has 1 amide bonds. The summed E-state index contributed by atoms with van der Waals surface area (Å²) in [4.78, 5) is 11.9. The number of sulfonamides is 1. The summed E-state index contributed by atoms with van der Waals surface area (Å²) in [7, 11) is -3.77. The molecule has 0 radical (unpaired) electrons. The summed E-state index contributed by atoms with van der Waals surface area (Å²) < 4.78 is 26.0. The van der Waals surface area contributed by atoms with E-state index >= 15 is 0 Å². The molecule has 2 rings (SSSR count). The zero-order chi connectivity index (χ0) is 14.9. The quantitative estimate of drug-likeness (QED) is 0.843. The molecule has 1 aliphatic heterocycles. The average Bonchev–Trinajstić information content (AvgIpc) is 2.68. The van der Waals surface area contributed by atoms with Gasteiger partial charge in [-0.15, -0.1) is 4.41 Å². The number of carbonyl (C=O) groups excluding carboxylic acids is 1. The Balaban J connectivity index is 2.31. The predicted molar refractivity (Wildman–Crippen MR) is 73.0 cm³/mol. The van der Waals surface area contributed by atoms with Crippen molar-refractivity contribution in [2.75, 3.05) is 6.61 Å². The monoisotopic (exact) mass is 298 g/mol. The Hall–Kier alpha value is -1.44. The van der Waals surface area contributed by atoms with Crippen molar-refractivity contribution in [2.45, 2.75) is 31.2 Å². The fraction of sp³-hybridized carbons (Fsp3) is 0.462. The Morgan fingerprint density at radius 2 is 1.90 bits per heavy atom. The number of hydrogen-bond donors (Lipinski definition) is 2. The van der Waals surface area contributed by atoms with Crippen LogP contribution in [0.25, 0.3) is 0 Å². The molecule has 1 saturated heterocycles. The highest BCUT2D eigenvalue weighted by atomic mass is 32.2. The van der Waals surface area contributed by atoms with Gasteiger partial charge in [-0.1, -0.05) is 17.7 Å². The topological polar surface area (TPSA) is 86.7 Å². The van der Waals surface area contributed by atoms with E-state index in [1.54, 1.807) is 19.1 Å². The van der Waals surface area contributed by atoms with Crippen LogP contribution in [-0.2, 0) is 14.8 Å². The molecule has 0 spiro atoms. The normalized spacial score (nSPS) is 23.9. The summed E-state index contributed by atoms with van der Waals surface area (Å²) in [5.74, 6) is -0.900. The van der Waals surface area contributed by atoms with Crippen molar-refractivity contribution in [3.05, 3.63) is 29.8 Å². The molecular weight excluding hydrogens is 280 g/mol. The van der Waals surface area contributed by atoms with Gasteiger partial charge in [-0.05, 0) is 32.4 Å². The van der Waals surface area contributed by atoms with Gasteiger partial charge in [-0.25, -0.2) is 8.42 Å². The second kappa shape index (κ2) is 5.51. The first-order chi connectivity index (χ1) is 9.37. The van der Waals surface area contributed by atoms with E-state index < -0.39 is 22.0 Å². The van der Waals surface area contributed by atoms with Crippen molar-refractivity contribution in [1.29, 1.82) is 0 Å². The molecule has 7 heteroatoms. The number of benzene rings is 1. The number of aliphatic hydroxyl groups is 1. The molecule has 110 valence electrons. The largest absolute Gasteiger partial charge is 0.396 e. The SMILES string of the molecule is Cc1ccc(S(=O)(=O)N2NC(=O)C(CCO)C2C)cc1. The molecular formula is C13H18N2O4S. The van der Waals surface area contributed by atoms with Crippen LogP contribution < -0.4 is 5.43 Å². The molecule has 1 fully saturated rings. The highest BCUT2D eigenvalue weighted by molar-refractivity contribution is 7.89. The van der Waals surface area contributed by atoms with E-state index in [1.165, 1.54) is 12.1 Å². The zero-order valence-electron chi connectivity index (χ0n) is 11.4. The molecule has 0 bridgehead atoms. The average molecular weight is 298 g/mol. The molecule has 2 N–H and O–H groups in total. The van der Waals surface area contributed by atoms with Gasteiger partial charge in [-0.3, -0.25) is 10.2 Å². The summed E-state index contributed by atoms with van der Waals surface area (Å²) in [5, 5.41) is 8.95. The number of nitrogens with one attached hydrogen (secondary N) is 1. The lowest BCUT2D eigenvalue weighted by molar-refractivity contribution is -0.123. The minimum atomic E-state index is -3.77. The smallest absolute Gasteiger partial charge is 0.260 e. The van der Waals surface area contributed by atoms with Crippen molar-refractivity contribution in [3.8, 4) is 0 Å². The minimum Gasteiger partial charge on any atom is -0.396 e. The highest BCUT2D eigenvalue weighted by Gasteiger charge is 2.44. The molecule has 0 saturated carbocycles. The second-order valence-corrected chi connectivity index (χ2v) is 6.76. The van der Waals surface area contributed by atoms with Gasteiger partial charge in [0.15, 0.2) is 0 Å². The maximum absolute atomic E-state index is 12.5. The molecule has 20 heavy (non-hydrogen) atoms.